The zero-order chi connectivity index (χ0) is 14.1. The van der Waals surface area contributed by atoms with Crippen molar-refractivity contribution in [2.75, 3.05) is 18.0 Å². The van der Waals surface area contributed by atoms with E-state index in [2.05, 4.69) is 18.0 Å². The predicted molar refractivity (Wildman–Crippen MR) is 79.3 cm³/mol. The molecule has 0 amide bonds. The molecule has 0 saturated carbocycles. The number of fused-ring (bicyclic) bond motifs is 1. The van der Waals surface area contributed by atoms with Gasteiger partial charge in [-0.3, -0.25) is 0 Å². The summed E-state index contributed by atoms with van der Waals surface area (Å²) < 4.78 is 0. The maximum absolute atomic E-state index is 11.5. The molecule has 1 aliphatic rings. The highest BCUT2D eigenvalue weighted by molar-refractivity contribution is 5.98. The van der Waals surface area contributed by atoms with Crippen molar-refractivity contribution in [3.8, 4) is 0 Å². The van der Waals surface area contributed by atoms with E-state index in [0.29, 0.717) is 5.82 Å². The van der Waals surface area contributed by atoms with E-state index in [1.165, 1.54) is 5.57 Å². The number of pyridine rings is 1. The molecular formula is C16H16N2O2. The average molecular weight is 268 g/mol. The summed E-state index contributed by atoms with van der Waals surface area (Å²) in [5.74, 6) is -0.353. The van der Waals surface area contributed by atoms with E-state index in [4.69, 9.17) is 0 Å². The lowest BCUT2D eigenvalue weighted by atomic mass is 10.1. The number of anilines is 1. The first kappa shape index (κ1) is 12.7. The fourth-order valence-electron chi connectivity index (χ4n) is 2.60. The third-order valence-electron chi connectivity index (χ3n) is 3.57. The summed E-state index contributed by atoms with van der Waals surface area (Å²) in [6, 6.07) is 9.33. The van der Waals surface area contributed by atoms with Gasteiger partial charge >= 0.3 is 5.97 Å². The first-order valence-electron chi connectivity index (χ1n) is 6.69. The molecule has 4 nitrogen and oxygen atoms in total. The summed E-state index contributed by atoms with van der Waals surface area (Å²) in [6.07, 6.45) is 3.12. The molecule has 3 rings (SSSR count). The Morgan fingerprint density at radius 3 is 2.90 bits per heavy atom. The first-order chi connectivity index (χ1) is 9.65. The molecule has 0 radical (unpaired) electrons. The molecule has 0 saturated heterocycles. The number of nitrogens with zero attached hydrogens (tertiary/aromatic N) is 2. The van der Waals surface area contributed by atoms with Gasteiger partial charge < -0.3 is 10.0 Å². The molecule has 1 N–H and O–H groups in total. The summed E-state index contributed by atoms with van der Waals surface area (Å²) >= 11 is 0. The molecule has 0 aliphatic carbocycles. The number of benzene rings is 1. The fraction of sp³-hybridized carbons (Fsp3) is 0.250. The summed E-state index contributed by atoms with van der Waals surface area (Å²) in [7, 11) is 0. The van der Waals surface area contributed by atoms with Gasteiger partial charge in [0.05, 0.1) is 5.52 Å². The molecule has 1 aliphatic heterocycles. The zero-order valence-electron chi connectivity index (χ0n) is 11.3. The van der Waals surface area contributed by atoms with Crippen LogP contribution in [0.25, 0.3) is 10.9 Å². The second kappa shape index (κ2) is 4.96. The van der Waals surface area contributed by atoms with Crippen LogP contribution in [0.3, 0.4) is 0 Å². The topological polar surface area (TPSA) is 53.4 Å². The molecule has 0 unspecified atom stereocenters. The van der Waals surface area contributed by atoms with Gasteiger partial charge in [0, 0.05) is 18.5 Å². The monoisotopic (exact) mass is 268 g/mol. The van der Waals surface area contributed by atoms with Crippen LogP contribution in [0.2, 0.25) is 0 Å². The van der Waals surface area contributed by atoms with Crippen molar-refractivity contribution in [2.24, 2.45) is 0 Å². The SMILES string of the molecule is CC1=CCCN(c2nc3ccccc3cc2C(=O)O)C1. The van der Waals surface area contributed by atoms with E-state index >= 15 is 0 Å². The van der Waals surface area contributed by atoms with Crippen LogP contribution >= 0.6 is 0 Å². The number of carbonyl (C=O) groups is 1. The highest BCUT2D eigenvalue weighted by Crippen LogP contribution is 2.26. The Kier molecular flexibility index (Phi) is 3.14. The second-order valence-corrected chi connectivity index (χ2v) is 5.12. The molecule has 4 heteroatoms. The van der Waals surface area contributed by atoms with Gasteiger partial charge in [-0.2, -0.15) is 0 Å². The Bertz CT molecular complexity index is 707. The molecule has 20 heavy (non-hydrogen) atoms. The number of hydrogen-bond acceptors (Lipinski definition) is 3. The standard InChI is InChI=1S/C16H16N2O2/c1-11-5-4-8-18(10-11)15-13(16(19)20)9-12-6-2-3-7-14(12)17-15/h2-3,5-7,9H,4,8,10H2,1H3,(H,19,20). The van der Waals surface area contributed by atoms with Crippen molar-refractivity contribution in [3.05, 3.63) is 47.5 Å². The lowest BCUT2D eigenvalue weighted by Gasteiger charge is -2.28. The van der Waals surface area contributed by atoms with Crippen LogP contribution in [-0.4, -0.2) is 29.1 Å². The van der Waals surface area contributed by atoms with Crippen LogP contribution in [0.4, 0.5) is 5.82 Å². The van der Waals surface area contributed by atoms with Crippen LogP contribution < -0.4 is 4.90 Å². The third-order valence-corrected chi connectivity index (χ3v) is 3.57. The molecule has 1 aromatic heterocycles. The van der Waals surface area contributed by atoms with Crippen molar-refractivity contribution >= 4 is 22.7 Å². The van der Waals surface area contributed by atoms with Crippen molar-refractivity contribution in [2.45, 2.75) is 13.3 Å². The van der Waals surface area contributed by atoms with Gasteiger partial charge in [-0.15, -0.1) is 0 Å². The third kappa shape index (κ3) is 2.25. The van der Waals surface area contributed by atoms with Crippen LogP contribution in [-0.2, 0) is 0 Å². The Morgan fingerprint density at radius 2 is 2.15 bits per heavy atom. The van der Waals surface area contributed by atoms with Gasteiger partial charge in [0.15, 0.2) is 0 Å². The van der Waals surface area contributed by atoms with Gasteiger partial charge in [0.1, 0.15) is 11.4 Å². The largest absolute Gasteiger partial charge is 0.478 e. The molecule has 2 aromatic rings. The fourth-order valence-corrected chi connectivity index (χ4v) is 2.60. The number of aromatic nitrogens is 1. The highest BCUT2D eigenvalue weighted by Gasteiger charge is 2.20. The molecule has 0 fully saturated rings. The first-order valence-corrected chi connectivity index (χ1v) is 6.69. The van der Waals surface area contributed by atoms with Gasteiger partial charge in [-0.25, -0.2) is 9.78 Å². The molecular weight excluding hydrogens is 252 g/mol. The lowest BCUT2D eigenvalue weighted by molar-refractivity contribution is 0.0697. The van der Waals surface area contributed by atoms with Crippen molar-refractivity contribution in [1.29, 1.82) is 0 Å². The van der Waals surface area contributed by atoms with Crippen molar-refractivity contribution < 1.29 is 9.90 Å². The minimum absolute atomic E-state index is 0.276. The molecule has 1 aromatic carbocycles. The number of hydrogen-bond donors (Lipinski definition) is 1. The number of carboxylic acids is 1. The molecule has 0 spiro atoms. The minimum atomic E-state index is -0.926. The second-order valence-electron chi connectivity index (χ2n) is 5.12. The van der Waals surface area contributed by atoms with Gasteiger partial charge in [0.2, 0.25) is 0 Å². The smallest absolute Gasteiger partial charge is 0.339 e. The van der Waals surface area contributed by atoms with Crippen LogP contribution in [0.5, 0.6) is 0 Å². The quantitative estimate of drug-likeness (QED) is 0.850. The Morgan fingerprint density at radius 1 is 1.35 bits per heavy atom. The van der Waals surface area contributed by atoms with Crippen molar-refractivity contribution in [3.63, 3.8) is 0 Å². The predicted octanol–water partition coefficient (Wildman–Crippen LogP) is 3.09. The van der Waals surface area contributed by atoms with Crippen molar-refractivity contribution in [1.82, 2.24) is 4.98 Å². The summed E-state index contributed by atoms with van der Waals surface area (Å²) in [5, 5.41) is 10.3. The number of aromatic carboxylic acids is 1. The van der Waals surface area contributed by atoms with E-state index in [1.807, 2.05) is 29.2 Å². The van der Waals surface area contributed by atoms with Crippen LogP contribution in [0, 0.1) is 0 Å². The Balaban J connectivity index is 2.14. The van der Waals surface area contributed by atoms with E-state index in [-0.39, 0.29) is 5.56 Å². The Labute approximate surface area is 117 Å². The molecule has 2 heterocycles. The maximum atomic E-state index is 11.5. The normalized spacial score (nSPS) is 15.2. The summed E-state index contributed by atoms with van der Waals surface area (Å²) in [6.45, 7) is 3.61. The Hall–Kier alpha value is -2.36. The van der Waals surface area contributed by atoms with Crippen LogP contribution in [0.15, 0.2) is 42.0 Å². The summed E-state index contributed by atoms with van der Waals surface area (Å²) in [4.78, 5) is 18.1. The minimum Gasteiger partial charge on any atom is -0.478 e. The summed E-state index contributed by atoms with van der Waals surface area (Å²) in [5.41, 5.74) is 2.36. The maximum Gasteiger partial charge on any atom is 0.339 e. The highest BCUT2D eigenvalue weighted by atomic mass is 16.4. The van der Waals surface area contributed by atoms with Crippen LogP contribution in [0.1, 0.15) is 23.7 Å². The number of rotatable bonds is 2. The van der Waals surface area contributed by atoms with E-state index in [9.17, 15) is 9.90 Å². The van der Waals surface area contributed by atoms with E-state index in [0.717, 1.165) is 30.4 Å². The van der Waals surface area contributed by atoms with E-state index < -0.39 is 5.97 Å². The van der Waals surface area contributed by atoms with Gasteiger partial charge in [0.25, 0.3) is 0 Å². The molecule has 102 valence electrons. The molecule has 0 atom stereocenters. The lowest BCUT2D eigenvalue weighted by Crippen LogP contribution is -2.31. The number of para-hydroxylation sites is 1. The average Bonchev–Trinajstić information content (AvgIpc) is 2.46. The van der Waals surface area contributed by atoms with E-state index in [1.54, 1.807) is 6.07 Å². The van der Waals surface area contributed by atoms with Gasteiger partial charge in [-0.1, -0.05) is 29.8 Å². The number of carboxylic acid groups (broad SMARTS) is 1. The zero-order valence-corrected chi connectivity index (χ0v) is 11.3. The van der Waals surface area contributed by atoms with Gasteiger partial charge in [-0.05, 0) is 25.5 Å². The molecule has 0 bridgehead atoms.